The van der Waals surface area contributed by atoms with Crippen molar-refractivity contribution in [3.63, 3.8) is 0 Å². The van der Waals surface area contributed by atoms with Crippen molar-refractivity contribution in [2.75, 3.05) is 12.3 Å². The fourth-order valence-corrected chi connectivity index (χ4v) is 3.83. The van der Waals surface area contributed by atoms with Crippen molar-refractivity contribution < 1.29 is 4.79 Å². The van der Waals surface area contributed by atoms with Crippen LogP contribution in [0.15, 0.2) is 0 Å². The Balaban J connectivity index is 2.07. The molecule has 2 fully saturated rings. The number of halogens is 1. The Bertz CT molecular complexity index is 263. The molecule has 2 heterocycles. The van der Waals surface area contributed by atoms with Gasteiger partial charge < -0.3 is 4.90 Å². The SMILES string of the molecule is CC1(C)C(Cl)CCN1C(=O)C1CCCS1. The van der Waals surface area contributed by atoms with Crippen molar-refractivity contribution in [2.24, 2.45) is 0 Å². The highest BCUT2D eigenvalue weighted by Crippen LogP contribution is 2.36. The molecule has 2 nitrogen and oxygen atoms in total. The summed E-state index contributed by atoms with van der Waals surface area (Å²) in [5, 5.41) is 0.305. The number of likely N-dealkylation sites (tertiary alicyclic amines) is 1. The molecule has 4 heteroatoms. The lowest BCUT2D eigenvalue weighted by atomic mass is 10.0. The molecule has 0 saturated carbocycles. The predicted octanol–water partition coefficient (Wildman–Crippen LogP) is 2.50. The average Bonchev–Trinajstić information content (AvgIpc) is 2.76. The average molecular weight is 248 g/mol. The molecule has 2 rings (SSSR count). The first-order valence-electron chi connectivity index (χ1n) is 5.60. The lowest BCUT2D eigenvalue weighted by molar-refractivity contribution is -0.133. The summed E-state index contributed by atoms with van der Waals surface area (Å²) in [7, 11) is 0. The van der Waals surface area contributed by atoms with Crippen LogP contribution in [0, 0.1) is 0 Å². The zero-order valence-corrected chi connectivity index (χ0v) is 10.9. The highest BCUT2D eigenvalue weighted by Gasteiger charge is 2.44. The van der Waals surface area contributed by atoms with E-state index in [0.29, 0.717) is 5.91 Å². The third-order valence-electron chi connectivity index (χ3n) is 3.54. The summed E-state index contributed by atoms with van der Waals surface area (Å²) in [4.78, 5) is 14.2. The molecule has 0 aromatic carbocycles. The molecule has 2 saturated heterocycles. The standard InChI is InChI=1S/C11H18ClNOS/c1-11(2)9(12)5-6-13(11)10(14)8-4-3-7-15-8/h8-9H,3-7H2,1-2H3. The topological polar surface area (TPSA) is 20.3 Å². The summed E-state index contributed by atoms with van der Waals surface area (Å²) in [5.41, 5.74) is -0.165. The van der Waals surface area contributed by atoms with E-state index in [1.807, 2.05) is 4.90 Å². The van der Waals surface area contributed by atoms with Gasteiger partial charge in [0, 0.05) is 6.54 Å². The van der Waals surface area contributed by atoms with E-state index in [2.05, 4.69) is 13.8 Å². The number of nitrogens with zero attached hydrogens (tertiary/aromatic N) is 1. The lowest BCUT2D eigenvalue weighted by Gasteiger charge is -2.35. The van der Waals surface area contributed by atoms with Crippen LogP contribution in [0.4, 0.5) is 0 Å². The minimum absolute atomic E-state index is 0.104. The van der Waals surface area contributed by atoms with Gasteiger partial charge in [-0.15, -0.1) is 23.4 Å². The van der Waals surface area contributed by atoms with Crippen LogP contribution in [0.5, 0.6) is 0 Å². The van der Waals surface area contributed by atoms with Crippen molar-refractivity contribution in [1.29, 1.82) is 0 Å². The zero-order chi connectivity index (χ0) is 11.1. The Morgan fingerprint density at radius 3 is 2.67 bits per heavy atom. The van der Waals surface area contributed by atoms with Gasteiger partial charge in [0.05, 0.1) is 16.2 Å². The summed E-state index contributed by atoms with van der Waals surface area (Å²) in [6.07, 6.45) is 3.15. The highest BCUT2D eigenvalue weighted by molar-refractivity contribution is 8.00. The largest absolute Gasteiger partial charge is 0.335 e. The number of alkyl halides is 1. The van der Waals surface area contributed by atoms with E-state index in [1.54, 1.807) is 11.8 Å². The van der Waals surface area contributed by atoms with Crippen LogP contribution in [-0.2, 0) is 4.79 Å². The molecule has 1 amide bonds. The number of carbonyl (C=O) groups is 1. The van der Waals surface area contributed by atoms with E-state index in [1.165, 1.54) is 6.42 Å². The van der Waals surface area contributed by atoms with Gasteiger partial charge >= 0.3 is 0 Å². The van der Waals surface area contributed by atoms with E-state index < -0.39 is 0 Å². The number of amides is 1. The molecule has 0 N–H and O–H groups in total. The third-order valence-corrected chi connectivity index (χ3v) is 5.66. The van der Waals surface area contributed by atoms with Gasteiger partial charge in [-0.25, -0.2) is 0 Å². The van der Waals surface area contributed by atoms with Gasteiger partial charge in [-0.2, -0.15) is 0 Å². The second-order valence-corrected chi connectivity index (χ2v) is 6.74. The second-order valence-electron chi connectivity index (χ2n) is 4.90. The molecular formula is C11H18ClNOS. The maximum absolute atomic E-state index is 12.3. The second kappa shape index (κ2) is 4.17. The summed E-state index contributed by atoms with van der Waals surface area (Å²) in [6.45, 7) is 4.99. The molecule has 0 bridgehead atoms. The quantitative estimate of drug-likeness (QED) is 0.664. The fraction of sp³-hybridized carbons (Fsp3) is 0.909. The molecule has 0 aliphatic carbocycles. The molecule has 0 spiro atoms. The van der Waals surface area contributed by atoms with Crippen molar-refractivity contribution in [1.82, 2.24) is 4.90 Å². The number of hydrogen-bond donors (Lipinski definition) is 0. The van der Waals surface area contributed by atoms with Crippen LogP contribution < -0.4 is 0 Å². The van der Waals surface area contributed by atoms with Gasteiger partial charge in [-0.05, 0) is 38.9 Å². The highest BCUT2D eigenvalue weighted by atomic mass is 35.5. The van der Waals surface area contributed by atoms with Gasteiger partial charge in [-0.3, -0.25) is 4.79 Å². The van der Waals surface area contributed by atoms with Crippen molar-refractivity contribution in [2.45, 2.75) is 49.3 Å². The summed E-state index contributed by atoms with van der Waals surface area (Å²) >= 11 is 8.05. The van der Waals surface area contributed by atoms with Gasteiger partial charge in [0.15, 0.2) is 0 Å². The van der Waals surface area contributed by atoms with Crippen LogP contribution >= 0.6 is 23.4 Å². The molecule has 0 aromatic heterocycles. The normalized spacial score (nSPS) is 34.7. The first-order valence-corrected chi connectivity index (χ1v) is 7.09. The van der Waals surface area contributed by atoms with E-state index in [4.69, 9.17) is 11.6 Å². The predicted molar refractivity (Wildman–Crippen MR) is 65.5 cm³/mol. The molecular weight excluding hydrogens is 230 g/mol. The molecule has 2 aliphatic rings. The number of carbonyl (C=O) groups excluding carboxylic acids is 1. The monoisotopic (exact) mass is 247 g/mol. The maximum atomic E-state index is 12.3. The van der Waals surface area contributed by atoms with Gasteiger partial charge in [0.2, 0.25) is 5.91 Å². The molecule has 0 aromatic rings. The molecule has 2 unspecified atom stereocenters. The minimum atomic E-state index is -0.165. The summed E-state index contributed by atoms with van der Waals surface area (Å²) in [5.74, 6) is 1.44. The van der Waals surface area contributed by atoms with E-state index in [9.17, 15) is 4.79 Å². The van der Waals surface area contributed by atoms with Crippen LogP contribution in [0.1, 0.15) is 33.1 Å². The Morgan fingerprint density at radius 2 is 2.20 bits per heavy atom. The fourth-order valence-electron chi connectivity index (χ4n) is 2.39. The van der Waals surface area contributed by atoms with E-state index in [0.717, 1.165) is 25.1 Å². The summed E-state index contributed by atoms with van der Waals surface area (Å²) in [6, 6.07) is 0. The van der Waals surface area contributed by atoms with Crippen molar-refractivity contribution in [3.05, 3.63) is 0 Å². The Kier molecular flexibility index (Phi) is 3.22. The number of rotatable bonds is 1. The molecule has 0 radical (unpaired) electrons. The Morgan fingerprint density at radius 1 is 1.47 bits per heavy atom. The van der Waals surface area contributed by atoms with Crippen LogP contribution in [0.25, 0.3) is 0 Å². The van der Waals surface area contributed by atoms with Crippen LogP contribution in [0.3, 0.4) is 0 Å². The first-order chi connectivity index (χ1) is 7.03. The molecule has 2 atom stereocenters. The van der Waals surface area contributed by atoms with Gasteiger partial charge in [0.1, 0.15) is 0 Å². The van der Waals surface area contributed by atoms with Crippen LogP contribution in [-0.4, -0.2) is 39.3 Å². The molecule has 86 valence electrons. The minimum Gasteiger partial charge on any atom is -0.335 e. The number of hydrogen-bond acceptors (Lipinski definition) is 2. The van der Waals surface area contributed by atoms with E-state index >= 15 is 0 Å². The van der Waals surface area contributed by atoms with E-state index in [-0.39, 0.29) is 16.2 Å². The van der Waals surface area contributed by atoms with Crippen molar-refractivity contribution >= 4 is 29.3 Å². The first kappa shape index (κ1) is 11.6. The van der Waals surface area contributed by atoms with Gasteiger partial charge in [-0.1, -0.05) is 0 Å². The molecule has 2 aliphatic heterocycles. The maximum Gasteiger partial charge on any atom is 0.236 e. The Labute approximate surface area is 101 Å². The van der Waals surface area contributed by atoms with Crippen molar-refractivity contribution in [3.8, 4) is 0 Å². The summed E-state index contributed by atoms with van der Waals surface area (Å²) < 4.78 is 0. The zero-order valence-electron chi connectivity index (χ0n) is 9.33. The third kappa shape index (κ3) is 2.01. The van der Waals surface area contributed by atoms with Gasteiger partial charge in [0.25, 0.3) is 0 Å². The lowest BCUT2D eigenvalue weighted by Crippen LogP contribution is -2.49. The number of thioether (sulfide) groups is 1. The van der Waals surface area contributed by atoms with Crippen LogP contribution in [0.2, 0.25) is 0 Å². The Hall–Kier alpha value is 0.110. The smallest absolute Gasteiger partial charge is 0.236 e. The molecule has 15 heavy (non-hydrogen) atoms.